The van der Waals surface area contributed by atoms with Gasteiger partial charge in [0.15, 0.2) is 0 Å². The molecule has 1 aromatic heterocycles. The molecule has 4 heteroatoms. The molecule has 0 atom stereocenters. The van der Waals surface area contributed by atoms with E-state index in [0.29, 0.717) is 0 Å². The first-order valence-electron chi connectivity index (χ1n) is 5.52. The Bertz CT molecular complexity index is 391. The minimum atomic E-state index is 0.00176. The highest BCUT2D eigenvalue weighted by Crippen LogP contribution is 2.15. The van der Waals surface area contributed by atoms with Gasteiger partial charge in [-0.05, 0) is 18.8 Å². The zero-order valence-electron chi connectivity index (χ0n) is 9.29. The molecule has 0 radical (unpaired) electrons. The first-order chi connectivity index (χ1) is 7.18. The van der Waals surface area contributed by atoms with Crippen LogP contribution in [0.2, 0.25) is 0 Å². The molecule has 1 N–H and O–H groups in total. The van der Waals surface area contributed by atoms with E-state index in [4.69, 9.17) is 0 Å². The minimum Gasteiger partial charge on any atom is -0.342 e. The van der Waals surface area contributed by atoms with Crippen molar-refractivity contribution in [2.75, 3.05) is 18.0 Å². The van der Waals surface area contributed by atoms with Gasteiger partial charge in [0.2, 0.25) is 5.95 Å². The third kappa shape index (κ3) is 2.03. The molecular formula is C11H17N3O. The van der Waals surface area contributed by atoms with Gasteiger partial charge in [0.05, 0.1) is 0 Å². The van der Waals surface area contributed by atoms with Gasteiger partial charge in [-0.3, -0.25) is 9.78 Å². The molecule has 0 spiro atoms. The van der Waals surface area contributed by atoms with Gasteiger partial charge in [0, 0.05) is 24.8 Å². The van der Waals surface area contributed by atoms with E-state index in [1.807, 2.05) is 13.8 Å². The van der Waals surface area contributed by atoms with Crippen LogP contribution in [-0.4, -0.2) is 23.1 Å². The molecule has 1 aliphatic heterocycles. The highest BCUT2D eigenvalue weighted by Gasteiger charge is 2.15. The maximum Gasteiger partial charge on any atom is 0.255 e. The fourth-order valence-corrected chi connectivity index (χ4v) is 1.90. The van der Waals surface area contributed by atoms with Gasteiger partial charge in [-0.15, -0.1) is 0 Å². The molecule has 4 nitrogen and oxygen atoms in total. The Morgan fingerprint density at radius 3 is 2.60 bits per heavy atom. The smallest absolute Gasteiger partial charge is 0.255 e. The van der Waals surface area contributed by atoms with Crippen LogP contribution in [0, 0.1) is 0 Å². The van der Waals surface area contributed by atoms with E-state index >= 15 is 0 Å². The summed E-state index contributed by atoms with van der Waals surface area (Å²) in [6.07, 6.45) is 4.09. The third-order valence-corrected chi connectivity index (χ3v) is 2.84. The number of anilines is 1. The molecule has 0 saturated carbocycles. The molecular weight excluding hydrogens is 190 g/mol. The number of rotatable bonds is 2. The van der Waals surface area contributed by atoms with E-state index in [1.165, 1.54) is 12.8 Å². The second kappa shape index (κ2) is 4.04. The summed E-state index contributed by atoms with van der Waals surface area (Å²) in [7, 11) is 0. The van der Waals surface area contributed by atoms with Gasteiger partial charge >= 0.3 is 0 Å². The highest BCUT2D eigenvalue weighted by molar-refractivity contribution is 5.31. The Hall–Kier alpha value is -1.32. The molecule has 1 fully saturated rings. The first kappa shape index (κ1) is 10.2. The maximum absolute atomic E-state index is 11.7. The number of nitrogens with zero attached hydrogens (tertiary/aromatic N) is 2. The van der Waals surface area contributed by atoms with Crippen molar-refractivity contribution in [3.05, 3.63) is 22.1 Å². The number of nitrogens with one attached hydrogen (secondary N) is 1. The van der Waals surface area contributed by atoms with Crippen molar-refractivity contribution in [2.24, 2.45) is 0 Å². The minimum absolute atomic E-state index is 0.00176. The van der Waals surface area contributed by atoms with Crippen LogP contribution < -0.4 is 10.5 Å². The number of hydrogen-bond acceptors (Lipinski definition) is 3. The van der Waals surface area contributed by atoms with Gasteiger partial charge in [-0.25, -0.2) is 4.98 Å². The van der Waals surface area contributed by atoms with Crippen LogP contribution in [0.3, 0.4) is 0 Å². The van der Waals surface area contributed by atoms with E-state index in [-0.39, 0.29) is 11.5 Å². The largest absolute Gasteiger partial charge is 0.342 e. The van der Waals surface area contributed by atoms with Crippen molar-refractivity contribution in [3.8, 4) is 0 Å². The Balaban J connectivity index is 2.28. The molecule has 0 aromatic carbocycles. The SMILES string of the molecule is CC(C)c1cnc(N2CCCC2)[nH]c1=O. The lowest BCUT2D eigenvalue weighted by Crippen LogP contribution is -2.25. The average Bonchev–Trinajstić information content (AvgIpc) is 2.69. The van der Waals surface area contributed by atoms with Gasteiger partial charge in [-0.2, -0.15) is 0 Å². The van der Waals surface area contributed by atoms with Crippen molar-refractivity contribution in [3.63, 3.8) is 0 Å². The van der Waals surface area contributed by atoms with Crippen molar-refractivity contribution in [1.82, 2.24) is 9.97 Å². The number of hydrogen-bond donors (Lipinski definition) is 1. The zero-order valence-corrected chi connectivity index (χ0v) is 9.29. The fraction of sp³-hybridized carbons (Fsp3) is 0.636. The lowest BCUT2D eigenvalue weighted by molar-refractivity contribution is 0.812. The van der Waals surface area contributed by atoms with Crippen LogP contribution in [0.25, 0.3) is 0 Å². The van der Waals surface area contributed by atoms with Crippen LogP contribution in [0.4, 0.5) is 5.95 Å². The Morgan fingerprint density at radius 1 is 1.40 bits per heavy atom. The highest BCUT2D eigenvalue weighted by atomic mass is 16.1. The maximum atomic E-state index is 11.7. The molecule has 1 aromatic rings. The Labute approximate surface area is 89.3 Å². The predicted molar refractivity (Wildman–Crippen MR) is 60.4 cm³/mol. The molecule has 82 valence electrons. The summed E-state index contributed by atoms with van der Waals surface area (Å²) < 4.78 is 0. The van der Waals surface area contributed by atoms with E-state index in [9.17, 15) is 4.79 Å². The summed E-state index contributed by atoms with van der Waals surface area (Å²) in [6.45, 7) is 6.01. The van der Waals surface area contributed by atoms with E-state index in [1.54, 1.807) is 6.20 Å². The quantitative estimate of drug-likeness (QED) is 0.799. The summed E-state index contributed by atoms with van der Waals surface area (Å²) in [5.41, 5.74) is 0.764. The third-order valence-electron chi connectivity index (χ3n) is 2.84. The van der Waals surface area contributed by atoms with Crippen molar-refractivity contribution < 1.29 is 0 Å². The van der Waals surface area contributed by atoms with Crippen LogP contribution >= 0.6 is 0 Å². The van der Waals surface area contributed by atoms with E-state index < -0.39 is 0 Å². The molecule has 0 aliphatic carbocycles. The molecule has 2 heterocycles. The second-order valence-corrected chi connectivity index (χ2v) is 4.34. The van der Waals surface area contributed by atoms with Gasteiger partial charge in [0.25, 0.3) is 5.56 Å². The summed E-state index contributed by atoms with van der Waals surface area (Å²) in [4.78, 5) is 21.0. The van der Waals surface area contributed by atoms with Crippen molar-refractivity contribution >= 4 is 5.95 Å². The van der Waals surface area contributed by atoms with Crippen LogP contribution in [0.15, 0.2) is 11.0 Å². The first-order valence-corrected chi connectivity index (χ1v) is 5.52. The Morgan fingerprint density at radius 2 is 2.07 bits per heavy atom. The normalized spacial score (nSPS) is 16.3. The monoisotopic (exact) mass is 207 g/mol. The van der Waals surface area contributed by atoms with Crippen molar-refractivity contribution in [2.45, 2.75) is 32.6 Å². The molecule has 15 heavy (non-hydrogen) atoms. The zero-order chi connectivity index (χ0) is 10.8. The summed E-state index contributed by atoms with van der Waals surface area (Å²) in [6, 6.07) is 0. The fourth-order valence-electron chi connectivity index (χ4n) is 1.90. The Kier molecular flexibility index (Phi) is 2.75. The van der Waals surface area contributed by atoms with Gasteiger partial charge in [0.1, 0.15) is 0 Å². The predicted octanol–water partition coefficient (Wildman–Crippen LogP) is 1.49. The summed E-state index contributed by atoms with van der Waals surface area (Å²) in [5.74, 6) is 0.954. The van der Waals surface area contributed by atoms with E-state index in [2.05, 4.69) is 14.9 Å². The summed E-state index contributed by atoms with van der Waals surface area (Å²) >= 11 is 0. The topological polar surface area (TPSA) is 49.0 Å². The standard InChI is InChI=1S/C11H17N3O/c1-8(2)9-7-12-11(13-10(9)15)14-5-3-4-6-14/h7-8H,3-6H2,1-2H3,(H,12,13,15). The number of aromatic nitrogens is 2. The van der Waals surface area contributed by atoms with Crippen LogP contribution in [0.5, 0.6) is 0 Å². The second-order valence-electron chi connectivity index (χ2n) is 4.34. The van der Waals surface area contributed by atoms with Crippen molar-refractivity contribution in [1.29, 1.82) is 0 Å². The number of aromatic amines is 1. The lowest BCUT2D eigenvalue weighted by atomic mass is 10.1. The van der Waals surface area contributed by atoms with Crippen LogP contribution in [-0.2, 0) is 0 Å². The average molecular weight is 207 g/mol. The molecule has 1 saturated heterocycles. The van der Waals surface area contributed by atoms with Gasteiger partial charge < -0.3 is 4.90 Å². The molecule has 0 unspecified atom stereocenters. The molecule has 0 bridgehead atoms. The van der Waals surface area contributed by atoms with Gasteiger partial charge in [-0.1, -0.05) is 13.8 Å². The lowest BCUT2D eigenvalue weighted by Gasteiger charge is -2.15. The molecule has 0 amide bonds. The van der Waals surface area contributed by atoms with Crippen LogP contribution in [0.1, 0.15) is 38.2 Å². The summed E-state index contributed by atoms with van der Waals surface area (Å²) in [5, 5.41) is 0. The van der Waals surface area contributed by atoms with E-state index in [0.717, 1.165) is 24.6 Å². The molecule has 1 aliphatic rings. The number of H-pyrrole nitrogens is 1. The molecule has 2 rings (SSSR count).